The van der Waals surface area contributed by atoms with Crippen molar-refractivity contribution in [2.24, 2.45) is 0 Å². The average molecular weight is 343 g/mol. The van der Waals surface area contributed by atoms with E-state index >= 15 is 0 Å². The minimum absolute atomic E-state index is 0.0556. The fourth-order valence-electron chi connectivity index (χ4n) is 1.49. The molecule has 2 aromatic rings. The van der Waals surface area contributed by atoms with Crippen LogP contribution in [-0.4, -0.2) is 15.7 Å². The third kappa shape index (κ3) is 3.86. The van der Waals surface area contributed by atoms with Crippen molar-refractivity contribution in [3.05, 3.63) is 56.7 Å². The van der Waals surface area contributed by atoms with E-state index in [9.17, 15) is 9.00 Å². The highest BCUT2D eigenvalue weighted by molar-refractivity contribution is 9.11. The summed E-state index contributed by atoms with van der Waals surface area (Å²) in [7, 11) is -1.15. The summed E-state index contributed by atoms with van der Waals surface area (Å²) >= 11 is 4.69. The van der Waals surface area contributed by atoms with Gasteiger partial charge >= 0.3 is 0 Å². The zero-order valence-electron chi connectivity index (χ0n) is 9.47. The minimum atomic E-state index is -1.15. The fraction of sp³-hybridized carbons (Fsp3) is 0.154. The van der Waals surface area contributed by atoms with Crippen molar-refractivity contribution in [2.45, 2.75) is 5.75 Å². The van der Waals surface area contributed by atoms with Gasteiger partial charge in [-0.15, -0.1) is 11.3 Å². The molecule has 1 heterocycles. The van der Waals surface area contributed by atoms with E-state index < -0.39 is 10.8 Å². The first-order chi connectivity index (χ1) is 8.65. The second-order valence-electron chi connectivity index (χ2n) is 3.74. The van der Waals surface area contributed by atoms with Crippen LogP contribution in [-0.2, 0) is 16.6 Å². The summed E-state index contributed by atoms with van der Waals surface area (Å²) in [6.45, 7) is 0. The van der Waals surface area contributed by atoms with Crippen molar-refractivity contribution in [2.75, 3.05) is 5.75 Å². The number of hydrogen-bond acceptors (Lipinski definition) is 3. The standard InChI is InChI=1S/C13H11BrO2S2/c14-13-7-6-12(17-13)11(15)9-18(16)8-10-4-2-1-3-5-10/h1-7H,8-9H2. The zero-order chi connectivity index (χ0) is 13.0. The van der Waals surface area contributed by atoms with Gasteiger partial charge in [-0.25, -0.2) is 0 Å². The van der Waals surface area contributed by atoms with Gasteiger partial charge in [0.2, 0.25) is 0 Å². The van der Waals surface area contributed by atoms with Gasteiger partial charge in [0.05, 0.1) is 14.4 Å². The molecular weight excluding hydrogens is 332 g/mol. The maximum Gasteiger partial charge on any atom is 0.185 e. The lowest BCUT2D eigenvalue weighted by Gasteiger charge is -2.01. The maximum atomic E-state index is 11.9. The molecule has 0 aliphatic rings. The van der Waals surface area contributed by atoms with Gasteiger partial charge < -0.3 is 0 Å². The minimum Gasteiger partial charge on any atom is -0.292 e. The Morgan fingerprint density at radius 2 is 1.89 bits per heavy atom. The molecule has 2 nitrogen and oxygen atoms in total. The Morgan fingerprint density at radius 3 is 2.50 bits per heavy atom. The first-order valence-corrected chi connectivity index (χ1v) is 8.42. The Labute approximate surface area is 121 Å². The van der Waals surface area contributed by atoms with Crippen molar-refractivity contribution in [3.8, 4) is 0 Å². The quantitative estimate of drug-likeness (QED) is 0.777. The molecule has 0 N–H and O–H groups in total. The van der Waals surface area contributed by atoms with Crippen LogP contribution in [0.4, 0.5) is 0 Å². The van der Waals surface area contributed by atoms with E-state index in [1.165, 1.54) is 11.3 Å². The van der Waals surface area contributed by atoms with Crippen molar-refractivity contribution >= 4 is 43.8 Å². The van der Waals surface area contributed by atoms with Gasteiger partial charge in [-0.3, -0.25) is 9.00 Å². The molecule has 0 spiro atoms. The lowest BCUT2D eigenvalue weighted by molar-refractivity contribution is 0.102. The lowest BCUT2D eigenvalue weighted by Crippen LogP contribution is -2.11. The number of rotatable bonds is 5. The van der Waals surface area contributed by atoms with Crippen LogP contribution in [0.1, 0.15) is 15.2 Å². The average Bonchev–Trinajstić information content (AvgIpc) is 2.77. The number of hydrogen-bond donors (Lipinski definition) is 0. The number of ketones is 1. The van der Waals surface area contributed by atoms with Gasteiger partial charge in [-0.05, 0) is 33.6 Å². The normalized spacial score (nSPS) is 12.3. The molecule has 0 aliphatic heterocycles. The van der Waals surface area contributed by atoms with Crippen LogP contribution in [0.3, 0.4) is 0 Å². The molecular formula is C13H11BrO2S2. The summed E-state index contributed by atoms with van der Waals surface area (Å²) in [4.78, 5) is 12.5. The summed E-state index contributed by atoms with van der Waals surface area (Å²) < 4.78 is 12.8. The summed E-state index contributed by atoms with van der Waals surface area (Å²) in [6.07, 6.45) is 0. The van der Waals surface area contributed by atoms with Crippen molar-refractivity contribution in [1.29, 1.82) is 0 Å². The summed E-state index contributed by atoms with van der Waals surface area (Å²) in [5.41, 5.74) is 0.996. The van der Waals surface area contributed by atoms with Crippen LogP contribution in [0.15, 0.2) is 46.3 Å². The highest BCUT2D eigenvalue weighted by Crippen LogP contribution is 2.22. The molecule has 1 unspecified atom stereocenters. The Bertz CT molecular complexity index is 563. The predicted molar refractivity (Wildman–Crippen MR) is 79.5 cm³/mol. The van der Waals surface area contributed by atoms with Gasteiger partial charge in [-0.1, -0.05) is 30.3 Å². The third-order valence-electron chi connectivity index (χ3n) is 2.31. The van der Waals surface area contributed by atoms with E-state index in [0.717, 1.165) is 9.35 Å². The molecule has 0 saturated carbocycles. The van der Waals surface area contributed by atoms with Crippen molar-refractivity contribution in [1.82, 2.24) is 0 Å². The number of halogens is 1. The van der Waals surface area contributed by atoms with E-state index in [0.29, 0.717) is 10.6 Å². The molecule has 94 valence electrons. The van der Waals surface area contributed by atoms with E-state index in [2.05, 4.69) is 15.9 Å². The molecule has 0 bridgehead atoms. The van der Waals surface area contributed by atoms with Crippen LogP contribution in [0.2, 0.25) is 0 Å². The molecule has 1 atom stereocenters. The molecule has 0 saturated heterocycles. The van der Waals surface area contributed by atoms with Crippen molar-refractivity contribution in [3.63, 3.8) is 0 Å². The summed E-state index contributed by atoms with van der Waals surface area (Å²) in [5.74, 6) is 0.459. The molecule has 0 fully saturated rings. The van der Waals surface area contributed by atoms with E-state index in [1.54, 1.807) is 6.07 Å². The Hall–Kier alpha value is -0.780. The monoisotopic (exact) mass is 342 g/mol. The largest absolute Gasteiger partial charge is 0.292 e. The van der Waals surface area contributed by atoms with E-state index in [-0.39, 0.29) is 11.5 Å². The van der Waals surface area contributed by atoms with Crippen LogP contribution in [0, 0.1) is 0 Å². The third-order valence-corrected chi connectivity index (χ3v) is 5.21. The second-order valence-corrected chi connectivity index (χ2v) is 7.66. The van der Waals surface area contributed by atoms with Crippen LogP contribution in [0.25, 0.3) is 0 Å². The highest BCUT2D eigenvalue weighted by atomic mass is 79.9. The molecule has 1 aromatic heterocycles. The molecule has 0 radical (unpaired) electrons. The van der Waals surface area contributed by atoms with Gasteiger partial charge in [-0.2, -0.15) is 0 Å². The second kappa shape index (κ2) is 6.41. The zero-order valence-corrected chi connectivity index (χ0v) is 12.7. The fourth-order valence-corrected chi connectivity index (χ4v) is 4.02. The van der Waals surface area contributed by atoms with Crippen LogP contribution >= 0.6 is 27.3 Å². The van der Waals surface area contributed by atoms with Gasteiger partial charge in [0.25, 0.3) is 0 Å². The van der Waals surface area contributed by atoms with Gasteiger partial charge in [0.15, 0.2) is 5.78 Å². The molecule has 2 rings (SSSR count). The number of thiophene rings is 1. The van der Waals surface area contributed by atoms with Crippen LogP contribution < -0.4 is 0 Å². The molecule has 0 aliphatic carbocycles. The SMILES string of the molecule is O=C(CS(=O)Cc1ccccc1)c1ccc(Br)s1. The smallest absolute Gasteiger partial charge is 0.185 e. The number of carbonyl (C=O) groups excluding carboxylic acids is 1. The maximum absolute atomic E-state index is 11.9. The molecule has 1 aromatic carbocycles. The Kier molecular flexibility index (Phi) is 4.86. The first-order valence-electron chi connectivity index (χ1n) is 5.32. The van der Waals surface area contributed by atoms with Crippen molar-refractivity contribution < 1.29 is 9.00 Å². The molecule has 18 heavy (non-hydrogen) atoms. The topological polar surface area (TPSA) is 34.1 Å². The molecule has 0 amide bonds. The summed E-state index contributed by atoms with van der Waals surface area (Å²) in [5, 5.41) is 0. The van der Waals surface area contributed by atoms with Gasteiger partial charge in [0.1, 0.15) is 0 Å². The predicted octanol–water partition coefficient (Wildman–Crippen LogP) is 3.64. The number of Topliss-reactive ketones (excluding diaryl/α,β-unsaturated/α-hetero) is 1. The highest BCUT2D eigenvalue weighted by Gasteiger charge is 2.12. The number of benzene rings is 1. The lowest BCUT2D eigenvalue weighted by atomic mass is 10.2. The Balaban J connectivity index is 1.94. The Morgan fingerprint density at radius 1 is 1.17 bits per heavy atom. The van der Waals surface area contributed by atoms with Crippen LogP contribution in [0.5, 0.6) is 0 Å². The number of carbonyl (C=O) groups is 1. The first kappa shape index (κ1) is 13.6. The van der Waals surface area contributed by atoms with E-state index in [1.807, 2.05) is 36.4 Å². The van der Waals surface area contributed by atoms with Gasteiger partial charge in [0, 0.05) is 16.6 Å². The summed E-state index contributed by atoms with van der Waals surface area (Å²) in [6, 6.07) is 13.2. The molecule has 5 heteroatoms. The van der Waals surface area contributed by atoms with E-state index in [4.69, 9.17) is 0 Å².